The fraction of sp³-hybridized carbons (Fsp3) is 0.467. The minimum atomic E-state index is -1.51. The minimum Gasteiger partial charge on any atom is -0.423 e. The second-order valence-corrected chi connectivity index (χ2v) is 7.18. The van der Waals surface area contributed by atoms with E-state index in [1.54, 1.807) is 18.2 Å². The highest BCUT2D eigenvalue weighted by Gasteiger charge is 2.35. The molecule has 3 aliphatic rings. The maximum absolute atomic E-state index is 12.6. The van der Waals surface area contributed by atoms with E-state index in [1.165, 1.54) is 11.5 Å². The Kier molecular flexibility index (Phi) is 3.84. The number of benzene rings is 1. The lowest BCUT2D eigenvalue weighted by Gasteiger charge is -2.44. The molecule has 0 radical (unpaired) electrons. The van der Waals surface area contributed by atoms with Gasteiger partial charge in [0, 0.05) is 18.0 Å². The smallest absolute Gasteiger partial charge is 0.423 e. The third-order valence-corrected chi connectivity index (χ3v) is 5.79. The summed E-state index contributed by atoms with van der Waals surface area (Å²) in [6.07, 6.45) is 2.31. The van der Waals surface area contributed by atoms with E-state index in [9.17, 15) is 14.8 Å². The number of carbonyl (C=O) groups excluding carboxylic acids is 1. The Hall–Kier alpha value is -1.48. The van der Waals surface area contributed by atoms with Crippen LogP contribution in [-0.4, -0.2) is 58.0 Å². The lowest BCUT2D eigenvalue weighted by atomic mass is 9.80. The van der Waals surface area contributed by atoms with Crippen LogP contribution in [0.3, 0.4) is 0 Å². The van der Waals surface area contributed by atoms with Crippen LogP contribution >= 0.6 is 11.5 Å². The van der Waals surface area contributed by atoms with Gasteiger partial charge in [-0.15, -0.1) is 0 Å². The normalized spacial score (nSPS) is 26.4. The summed E-state index contributed by atoms with van der Waals surface area (Å²) in [4.78, 5) is 15.0. The summed E-state index contributed by atoms with van der Waals surface area (Å²) in [6, 6.07) is 5.23. The van der Waals surface area contributed by atoms with Crippen LogP contribution in [-0.2, 0) is 0 Å². The summed E-state index contributed by atoms with van der Waals surface area (Å²) in [7, 11) is -1.51. The number of piperidine rings is 3. The molecule has 1 amide bonds. The lowest BCUT2D eigenvalue weighted by molar-refractivity contribution is 0.0619. The van der Waals surface area contributed by atoms with Crippen LogP contribution in [0.5, 0.6) is 0 Å². The van der Waals surface area contributed by atoms with Gasteiger partial charge in [0.25, 0.3) is 5.91 Å². The molecule has 1 aromatic heterocycles. The number of nitrogens with zero attached hydrogens (tertiary/aromatic N) is 2. The SMILES string of the molecule is O=C(N[C@@H]1CN2CCC1CC2)c1nsc2cc(B(O)O)ccc12. The molecule has 120 valence electrons. The third kappa shape index (κ3) is 2.76. The standard InChI is InChI=1S/C15H18BN3O3S/c20-15(17-12-8-19-5-3-9(12)4-6-19)14-11-2-1-10(16(21)22)7-13(11)23-18-14/h1-2,7,9,12,21-22H,3-6,8H2,(H,17,20)/t12-/m1/s1. The molecule has 6 nitrogen and oxygen atoms in total. The molecule has 3 N–H and O–H groups in total. The van der Waals surface area contributed by atoms with Crippen LogP contribution < -0.4 is 10.8 Å². The van der Waals surface area contributed by atoms with Crippen LogP contribution in [0.2, 0.25) is 0 Å². The van der Waals surface area contributed by atoms with Crippen molar-refractivity contribution >= 4 is 40.1 Å². The average Bonchev–Trinajstić information content (AvgIpc) is 2.99. The quantitative estimate of drug-likeness (QED) is 0.679. The Morgan fingerprint density at radius 3 is 2.78 bits per heavy atom. The molecule has 3 saturated heterocycles. The van der Waals surface area contributed by atoms with Crippen molar-refractivity contribution in [1.82, 2.24) is 14.6 Å². The average molecular weight is 331 g/mol. The Morgan fingerprint density at radius 1 is 1.35 bits per heavy atom. The fourth-order valence-electron chi connectivity index (χ4n) is 3.64. The van der Waals surface area contributed by atoms with E-state index >= 15 is 0 Å². The fourth-order valence-corrected chi connectivity index (χ4v) is 4.47. The van der Waals surface area contributed by atoms with Crippen molar-refractivity contribution in [2.75, 3.05) is 19.6 Å². The van der Waals surface area contributed by atoms with Gasteiger partial charge in [-0.25, -0.2) is 0 Å². The molecule has 2 aromatic rings. The molecule has 4 heterocycles. The highest BCUT2D eigenvalue weighted by Crippen LogP contribution is 2.28. The van der Waals surface area contributed by atoms with Gasteiger partial charge in [-0.1, -0.05) is 12.1 Å². The maximum atomic E-state index is 12.6. The van der Waals surface area contributed by atoms with Gasteiger partial charge < -0.3 is 20.3 Å². The molecule has 2 bridgehead atoms. The van der Waals surface area contributed by atoms with Crippen molar-refractivity contribution < 1.29 is 14.8 Å². The summed E-state index contributed by atoms with van der Waals surface area (Å²) in [5.41, 5.74) is 0.839. The van der Waals surface area contributed by atoms with E-state index in [4.69, 9.17) is 0 Å². The summed E-state index contributed by atoms with van der Waals surface area (Å²) < 4.78 is 5.06. The van der Waals surface area contributed by atoms with E-state index < -0.39 is 7.12 Å². The molecule has 3 aliphatic heterocycles. The van der Waals surface area contributed by atoms with Crippen LogP contribution in [0.4, 0.5) is 0 Å². The molecule has 3 fully saturated rings. The first-order valence-electron chi connectivity index (χ1n) is 7.90. The summed E-state index contributed by atoms with van der Waals surface area (Å²) >= 11 is 1.21. The zero-order valence-corrected chi connectivity index (χ0v) is 13.4. The van der Waals surface area contributed by atoms with E-state index in [-0.39, 0.29) is 11.9 Å². The van der Waals surface area contributed by atoms with Gasteiger partial charge in [0.05, 0.1) is 4.70 Å². The Labute approximate surface area is 138 Å². The van der Waals surface area contributed by atoms with E-state index in [1.807, 2.05) is 0 Å². The van der Waals surface area contributed by atoms with Crippen molar-refractivity contribution in [3.8, 4) is 0 Å². The summed E-state index contributed by atoms with van der Waals surface area (Å²) in [5, 5.41) is 22.4. The number of fused-ring (bicyclic) bond motifs is 4. The second-order valence-electron chi connectivity index (χ2n) is 6.38. The van der Waals surface area contributed by atoms with E-state index in [2.05, 4.69) is 14.6 Å². The van der Waals surface area contributed by atoms with Crippen LogP contribution in [0.15, 0.2) is 18.2 Å². The van der Waals surface area contributed by atoms with E-state index in [0.717, 1.165) is 42.6 Å². The number of nitrogens with one attached hydrogen (secondary N) is 1. The highest BCUT2D eigenvalue weighted by atomic mass is 32.1. The Balaban J connectivity index is 1.55. The zero-order chi connectivity index (χ0) is 16.0. The van der Waals surface area contributed by atoms with Crippen LogP contribution in [0, 0.1) is 5.92 Å². The molecule has 0 unspecified atom stereocenters. The molecule has 0 spiro atoms. The number of hydrogen-bond donors (Lipinski definition) is 3. The molecule has 1 aromatic carbocycles. The van der Waals surface area contributed by atoms with Crippen molar-refractivity contribution in [3.63, 3.8) is 0 Å². The molecular formula is C15H18BN3O3S. The largest absolute Gasteiger partial charge is 0.488 e. The van der Waals surface area contributed by atoms with Gasteiger partial charge in [-0.2, -0.15) is 4.37 Å². The molecule has 1 atom stereocenters. The van der Waals surface area contributed by atoms with Crippen molar-refractivity contribution in [1.29, 1.82) is 0 Å². The predicted octanol–water partition coefficient (Wildman–Crippen LogP) is -0.200. The van der Waals surface area contributed by atoms with Crippen molar-refractivity contribution in [2.45, 2.75) is 18.9 Å². The van der Waals surface area contributed by atoms with Crippen LogP contribution in [0.25, 0.3) is 10.1 Å². The molecule has 8 heteroatoms. The number of aromatic nitrogens is 1. The monoisotopic (exact) mass is 331 g/mol. The molecule has 23 heavy (non-hydrogen) atoms. The number of rotatable bonds is 3. The highest BCUT2D eigenvalue weighted by molar-refractivity contribution is 7.13. The molecular weight excluding hydrogens is 313 g/mol. The molecule has 0 aliphatic carbocycles. The Bertz CT molecular complexity index is 743. The van der Waals surface area contributed by atoms with Crippen LogP contribution in [0.1, 0.15) is 23.3 Å². The van der Waals surface area contributed by atoms with Gasteiger partial charge >= 0.3 is 7.12 Å². The van der Waals surface area contributed by atoms with E-state index in [0.29, 0.717) is 17.1 Å². The predicted molar refractivity (Wildman–Crippen MR) is 89.9 cm³/mol. The second kappa shape index (κ2) is 5.87. The topological polar surface area (TPSA) is 85.7 Å². The van der Waals surface area contributed by atoms with Gasteiger partial charge in [-0.3, -0.25) is 4.79 Å². The first kappa shape index (κ1) is 15.1. The van der Waals surface area contributed by atoms with Gasteiger partial charge in [0.2, 0.25) is 0 Å². The number of carbonyl (C=O) groups is 1. The zero-order valence-electron chi connectivity index (χ0n) is 12.6. The van der Waals surface area contributed by atoms with Crippen molar-refractivity contribution in [3.05, 3.63) is 23.9 Å². The number of amides is 1. The first-order chi connectivity index (χ1) is 11.1. The molecule has 5 rings (SSSR count). The van der Waals surface area contributed by atoms with Gasteiger partial charge in [0.1, 0.15) is 5.69 Å². The lowest BCUT2D eigenvalue weighted by Crippen LogP contribution is -2.57. The summed E-state index contributed by atoms with van der Waals surface area (Å²) in [6.45, 7) is 3.21. The number of hydrogen-bond acceptors (Lipinski definition) is 6. The summed E-state index contributed by atoms with van der Waals surface area (Å²) in [5.74, 6) is 0.442. The van der Waals surface area contributed by atoms with Gasteiger partial charge in [0.15, 0.2) is 0 Å². The third-order valence-electron chi connectivity index (χ3n) is 4.98. The minimum absolute atomic E-state index is 0.132. The molecule has 0 saturated carbocycles. The Morgan fingerprint density at radius 2 is 2.13 bits per heavy atom. The van der Waals surface area contributed by atoms with Gasteiger partial charge in [-0.05, 0) is 54.9 Å². The van der Waals surface area contributed by atoms with Crippen molar-refractivity contribution in [2.24, 2.45) is 5.92 Å². The maximum Gasteiger partial charge on any atom is 0.488 e. The first-order valence-corrected chi connectivity index (χ1v) is 8.68.